The van der Waals surface area contributed by atoms with E-state index in [0.717, 1.165) is 0 Å². The molecule has 0 aromatic carbocycles. The predicted octanol–water partition coefficient (Wildman–Crippen LogP) is 3.26. The molecule has 0 rings (SSSR count). The summed E-state index contributed by atoms with van der Waals surface area (Å²) in [7, 11) is 1.29. The highest BCUT2D eigenvalue weighted by Crippen LogP contribution is 2.26. The van der Waals surface area contributed by atoms with Gasteiger partial charge in [-0.2, -0.15) is 13.2 Å². The van der Waals surface area contributed by atoms with Crippen LogP contribution in [-0.2, 0) is 9.53 Å². The van der Waals surface area contributed by atoms with Gasteiger partial charge in [0.05, 0.1) is 7.11 Å². The molecule has 6 heteroatoms. The van der Waals surface area contributed by atoms with E-state index in [1.807, 2.05) is 13.8 Å². The molecule has 0 bridgehead atoms. The molecule has 0 saturated carbocycles. The molecule has 0 aliphatic rings. The Morgan fingerprint density at radius 3 is 2.31 bits per heavy atom. The Morgan fingerprint density at radius 1 is 1.38 bits per heavy atom. The van der Waals surface area contributed by atoms with Crippen LogP contribution in [-0.4, -0.2) is 30.3 Å². The van der Waals surface area contributed by atoms with Crippen LogP contribution in [0.15, 0.2) is 0 Å². The van der Waals surface area contributed by atoms with Gasteiger partial charge in [0.2, 0.25) is 0 Å². The smallest absolute Gasteiger partial charge is 0.389 e. The molecule has 0 amide bonds. The molecule has 1 atom stereocenters. The number of hydrogen-bond donors (Lipinski definition) is 0. The molecule has 1 unspecified atom stereocenters. The molecular formula is C10H17F3O2S. The van der Waals surface area contributed by atoms with E-state index in [1.165, 1.54) is 18.9 Å². The number of alkyl halides is 3. The van der Waals surface area contributed by atoms with Gasteiger partial charge in [0.1, 0.15) is 5.25 Å². The third-order valence-electron chi connectivity index (χ3n) is 1.94. The van der Waals surface area contributed by atoms with Gasteiger partial charge in [-0.25, -0.2) is 0 Å². The Bertz CT molecular complexity index is 217. The lowest BCUT2D eigenvalue weighted by molar-refractivity contribution is -0.140. The zero-order valence-corrected chi connectivity index (χ0v) is 10.5. The second-order valence-corrected chi connectivity index (χ2v) is 5.03. The molecule has 0 spiro atoms. The highest BCUT2D eigenvalue weighted by atomic mass is 32.2. The first-order valence-corrected chi connectivity index (χ1v) is 6.09. The van der Waals surface area contributed by atoms with E-state index in [-0.39, 0.29) is 23.6 Å². The molecule has 0 aliphatic carbocycles. The number of carbonyl (C=O) groups excluding carboxylic acids is 1. The lowest BCUT2D eigenvalue weighted by Gasteiger charge is -2.17. The number of thioether (sulfide) groups is 1. The summed E-state index contributed by atoms with van der Waals surface area (Å²) >= 11 is 1.23. The minimum atomic E-state index is -4.11. The second-order valence-electron chi connectivity index (χ2n) is 3.78. The average molecular weight is 258 g/mol. The van der Waals surface area contributed by atoms with Crippen molar-refractivity contribution in [3.63, 3.8) is 0 Å². The van der Waals surface area contributed by atoms with Gasteiger partial charge in [0.25, 0.3) is 0 Å². The maximum absolute atomic E-state index is 11.9. The minimum absolute atomic E-state index is 0.0361. The topological polar surface area (TPSA) is 26.3 Å². The normalized spacial score (nSPS) is 13.9. The van der Waals surface area contributed by atoms with Crippen LogP contribution in [0.4, 0.5) is 13.2 Å². The summed E-state index contributed by atoms with van der Waals surface area (Å²) in [4.78, 5) is 11.3. The van der Waals surface area contributed by atoms with E-state index in [1.54, 1.807) is 0 Å². The largest absolute Gasteiger partial charge is 0.468 e. The van der Waals surface area contributed by atoms with Crippen LogP contribution < -0.4 is 0 Å². The van der Waals surface area contributed by atoms with Crippen LogP contribution in [0.1, 0.15) is 26.7 Å². The third kappa shape index (κ3) is 6.98. The fourth-order valence-electron chi connectivity index (χ4n) is 1.13. The Balaban J connectivity index is 3.91. The van der Waals surface area contributed by atoms with E-state index in [2.05, 4.69) is 4.74 Å². The maximum Gasteiger partial charge on any atom is 0.389 e. The molecule has 96 valence electrons. The van der Waals surface area contributed by atoms with Crippen molar-refractivity contribution < 1.29 is 22.7 Å². The van der Waals surface area contributed by atoms with Crippen molar-refractivity contribution in [1.82, 2.24) is 0 Å². The zero-order chi connectivity index (χ0) is 12.8. The van der Waals surface area contributed by atoms with Gasteiger partial charge in [-0.1, -0.05) is 13.8 Å². The first kappa shape index (κ1) is 15.6. The van der Waals surface area contributed by atoms with Crippen LogP contribution in [0.5, 0.6) is 0 Å². The van der Waals surface area contributed by atoms with Gasteiger partial charge < -0.3 is 4.74 Å². The van der Waals surface area contributed by atoms with Gasteiger partial charge in [-0.05, 0) is 18.1 Å². The highest BCUT2D eigenvalue weighted by molar-refractivity contribution is 8.00. The van der Waals surface area contributed by atoms with Gasteiger partial charge in [0, 0.05) is 6.42 Å². The monoisotopic (exact) mass is 258 g/mol. The van der Waals surface area contributed by atoms with Crippen molar-refractivity contribution in [3.05, 3.63) is 0 Å². The minimum Gasteiger partial charge on any atom is -0.468 e. The van der Waals surface area contributed by atoms with Gasteiger partial charge in [-0.3, -0.25) is 4.79 Å². The molecule has 0 N–H and O–H groups in total. The second kappa shape index (κ2) is 7.04. The van der Waals surface area contributed by atoms with E-state index < -0.39 is 12.6 Å². The summed E-state index contributed by atoms with van der Waals surface area (Å²) in [6.07, 6.45) is -4.88. The number of rotatable bonds is 6. The Morgan fingerprint density at radius 2 is 1.94 bits per heavy atom. The van der Waals surface area contributed by atoms with Crippen molar-refractivity contribution >= 4 is 17.7 Å². The molecule has 0 aromatic heterocycles. The quantitative estimate of drug-likeness (QED) is 0.540. The molecule has 0 aliphatic heterocycles. The van der Waals surface area contributed by atoms with E-state index in [0.29, 0.717) is 5.75 Å². The number of carbonyl (C=O) groups is 1. The summed E-state index contributed by atoms with van der Waals surface area (Å²) in [5.41, 5.74) is 0. The molecule has 0 heterocycles. The Kier molecular flexibility index (Phi) is 6.87. The Hall–Kier alpha value is -0.390. The van der Waals surface area contributed by atoms with Crippen LogP contribution in [0.3, 0.4) is 0 Å². The number of hydrogen-bond acceptors (Lipinski definition) is 3. The summed E-state index contributed by atoms with van der Waals surface area (Å²) in [5, 5.41) is -0.377. The van der Waals surface area contributed by atoms with Crippen LogP contribution in [0.2, 0.25) is 0 Å². The SMILES string of the molecule is COC(=O)C(SCCCC(F)(F)F)C(C)C. The fourth-order valence-corrected chi connectivity index (χ4v) is 2.31. The summed E-state index contributed by atoms with van der Waals surface area (Å²) in [5.74, 6) is 0.00706. The first-order chi connectivity index (χ1) is 7.28. The first-order valence-electron chi connectivity index (χ1n) is 5.04. The fraction of sp³-hybridized carbons (Fsp3) is 0.900. The standard InChI is InChI=1S/C10H17F3O2S/c1-7(2)8(9(14)15-3)16-6-4-5-10(11,12)13/h7-8H,4-6H2,1-3H3. The number of halogens is 3. The zero-order valence-electron chi connectivity index (χ0n) is 9.63. The van der Waals surface area contributed by atoms with Crippen molar-refractivity contribution in [2.24, 2.45) is 5.92 Å². The van der Waals surface area contributed by atoms with Crippen LogP contribution in [0.25, 0.3) is 0 Å². The lowest BCUT2D eigenvalue weighted by Crippen LogP contribution is -2.25. The van der Waals surface area contributed by atoms with Gasteiger partial charge in [0.15, 0.2) is 0 Å². The molecule has 0 saturated heterocycles. The third-order valence-corrected chi connectivity index (χ3v) is 3.56. The summed E-state index contributed by atoms with van der Waals surface area (Å²) < 4.78 is 40.2. The highest BCUT2D eigenvalue weighted by Gasteiger charge is 2.27. The van der Waals surface area contributed by atoms with Crippen LogP contribution in [0, 0.1) is 5.92 Å². The van der Waals surface area contributed by atoms with Crippen molar-refractivity contribution in [2.75, 3.05) is 12.9 Å². The van der Waals surface area contributed by atoms with Crippen molar-refractivity contribution in [3.8, 4) is 0 Å². The number of ether oxygens (including phenoxy) is 1. The predicted molar refractivity (Wildman–Crippen MR) is 58.4 cm³/mol. The van der Waals surface area contributed by atoms with E-state index in [4.69, 9.17) is 0 Å². The van der Waals surface area contributed by atoms with Crippen LogP contribution >= 0.6 is 11.8 Å². The number of esters is 1. The summed E-state index contributed by atoms with van der Waals surface area (Å²) in [6, 6.07) is 0. The lowest BCUT2D eigenvalue weighted by atomic mass is 10.1. The number of methoxy groups -OCH3 is 1. The molecule has 0 aromatic rings. The molecule has 2 nitrogen and oxygen atoms in total. The molecular weight excluding hydrogens is 241 g/mol. The van der Waals surface area contributed by atoms with E-state index >= 15 is 0 Å². The van der Waals surface area contributed by atoms with Crippen molar-refractivity contribution in [2.45, 2.75) is 38.1 Å². The Labute approximate surface area is 97.9 Å². The average Bonchev–Trinajstić information content (AvgIpc) is 2.14. The van der Waals surface area contributed by atoms with Crippen molar-refractivity contribution in [1.29, 1.82) is 0 Å². The molecule has 16 heavy (non-hydrogen) atoms. The van der Waals surface area contributed by atoms with E-state index in [9.17, 15) is 18.0 Å². The molecule has 0 radical (unpaired) electrons. The summed E-state index contributed by atoms with van der Waals surface area (Å²) in [6.45, 7) is 3.69. The maximum atomic E-state index is 11.9. The van der Waals surface area contributed by atoms with Gasteiger partial charge in [-0.15, -0.1) is 11.8 Å². The molecule has 0 fully saturated rings. The van der Waals surface area contributed by atoms with Gasteiger partial charge >= 0.3 is 12.1 Å².